The average Bonchev–Trinajstić information content (AvgIpc) is 1.79. The smallest absolute Gasteiger partial charge is 0.411 e. The third-order valence-electron chi connectivity index (χ3n) is 0.744. The molecule has 1 unspecified atom stereocenters. The summed E-state index contributed by atoms with van der Waals surface area (Å²) in [5.41, 5.74) is 0. The Labute approximate surface area is 58.6 Å². The lowest BCUT2D eigenvalue weighted by Crippen LogP contribution is -2.39. The first kappa shape index (κ1) is 9.99. The van der Waals surface area contributed by atoms with Crippen LogP contribution in [0.5, 0.6) is 0 Å². The van der Waals surface area contributed by atoms with Gasteiger partial charge in [0.25, 0.3) is 6.16 Å². The zero-order chi connectivity index (χ0) is 9.07. The maximum Gasteiger partial charge on any atom is 0.411 e. The Balaban J connectivity index is 4.07. The minimum absolute atomic E-state index is 1.95. The van der Waals surface area contributed by atoms with Crippen LogP contribution >= 0.6 is 0 Å². The molecule has 7 heteroatoms. The minimum Gasteiger partial charge on any atom is -0.534 e. The average molecular weight is 175 g/mol. The largest absolute Gasteiger partial charge is 0.534 e. The molecule has 0 bridgehead atoms. The van der Waals surface area contributed by atoms with Gasteiger partial charge in [0.1, 0.15) is 6.67 Å². The molecule has 0 heterocycles. The number of rotatable bonds is 2. The van der Waals surface area contributed by atoms with Crippen molar-refractivity contribution in [3.05, 3.63) is 0 Å². The van der Waals surface area contributed by atoms with Crippen molar-refractivity contribution < 1.29 is 32.2 Å². The second-order valence-electron chi connectivity index (χ2n) is 1.55. The maximum atomic E-state index is 11.4. The number of carboxylic acid groups (broad SMARTS) is 1. The molecule has 0 aromatic rings. The first-order chi connectivity index (χ1) is 4.88. The normalized spacial score (nSPS) is 14.2. The summed E-state index contributed by atoms with van der Waals surface area (Å²) in [5, 5.41) is 9.42. The third kappa shape index (κ3) is 3.64. The lowest BCUT2D eigenvalue weighted by molar-refractivity contribution is -0.308. The van der Waals surface area contributed by atoms with Crippen LogP contribution in [0.4, 0.5) is 22.4 Å². The van der Waals surface area contributed by atoms with Crippen LogP contribution in [0, 0.1) is 0 Å². The zero-order valence-corrected chi connectivity index (χ0v) is 5.02. The molecule has 0 saturated carbocycles. The van der Waals surface area contributed by atoms with Gasteiger partial charge in [0.2, 0.25) is 0 Å². The fourth-order valence-corrected chi connectivity index (χ4v) is 0.302. The number of hydrogen-bond acceptors (Lipinski definition) is 3. The van der Waals surface area contributed by atoms with Gasteiger partial charge in [-0.05, 0) is 0 Å². The van der Waals surface area contributed by atoms with Gasteiger partial charge < -0.3 is 14.6 Å². The van der Waals surface area contributed by atoms with E-state index in [1.807, 2.05) is 0 Å². The number of hydrogen-bond donors (Lipinski definition) is 0. The molecule has 0 aromatic heterocycles. The number of halogens is 4. The van der Waals surface area contributed by atoms with Crippen LogP contribution in [0.3, 0.4) is 0 Å². The summed E-state index contributed by atoms with van der Waals surface area (Å²) in [4.78, 5) is 9.42. The van der Waals surface area contributed by atoms with E-state index in [0.717, 1.165) is 0 Å². The summed E-state index contributed by atoms with van der Waals surface area (Å²) < 4.78 is 48.7. The summed E-state index contributed by atoms with van der Waals surface area (Å²) in [6, 6.07) is 0. The Morgan fingerprint density at radius 3 is 2.09 bits per heavy atom. The summed E-state index contributed by atoms with van der Waals surface area (Å²) in [5.74, 6) is 0. The molecule has 0 N–H and O–H groups in total. The zero-order valence-electron chi connectivity index (χ0n) is 5.02. The van der Waals surface area contributed by atoms with E-state index in [1.165, 1.54) is 0 Å². The van der Waals surface area contributed by atoms with Crippen LogP contribution in [0.25, 0.3) is 0 Å². The van der Waals surface area contributed by atoms with E-state index >= 15 is 0 Å². The molecule has 1 atom stereocenters. The summed E-state index contributed by atoms with van der Waals surface area (Å²) in [7, 11) is 0. The highest BCUT2D eigenvalue weighted by Crippen LogP contribution is 2.22. The van der Waals surface area contributed by atoms with Crippen molar-refractivity contribution in [1.82, 2.24) is 0 Å². The molecule has 0 aromatic carbocycles. The van der Waals surface area contributed by atoms with Crippen LogP contribution in [0.1, 0.15) is 0 Å². The van der Waals surface area contributed by atoms with Gasteiger partial charge in [-0.1, -0.05) is 0 Å². The minimum atomic E-state index is -5.02. The van der Waals surface area contributed by atoms with Crippen molar-refractivity contribution in [2.24, 2.45) is 0 Å². The van der Waals surface area contributed by atoms with E-state index in [1.54, 1.807) is 0 Å². The quantitative estimate of drug-likeness (QED) is 0.446. The fraction of sp³-hybridized carbons (Fsp3) is 0.750. The van der Waals surface area contributed by atoms with Gasteiger partial charge in [-0.2, -0.15) is 13.2 Å². The van der Waals surface area contributed by atoms with Crippen LogP contribution in [0.15, 0.2) is 0 Å². The van der Waals surface area contributed by atoms with Gasteiger partial charge in [0.15, 0.2) is 6.10 Å². The first-order valence-corrected chi connectivity index (χ1v) is 2.38. The number of ether oxygens (including phenoxy) is 1. The number of alkyl halides is 4. The molecule has 66 valence electrons. The van der Waals surface area contributed by atoms with E-state index in [9.17, 15) is 27.5 Å². The molecule has 0 aliphatic rings. The van der Waals surface area contributed by atoms with E-state index in [4.69, 9.17) is 0 Å². The number of carbonyl (C=O) groups is 1. The van der Waals surface area contributed by atoms with Crippen molar-refractivity contribution in [2.75, 3.05) is 6.67 Å². The van der Waals surface area contributed by atoms with E-state index in [-0.39, 0.29) is 0 Å². The maximum absolute atomic E-state index is 11.4. The van der Waals surface area contributed by atoms with E-state index in [0.29, 0.717) is 0 Å². The summed E-state index contributed by atoms with van der Waals surface area (Å²) in [6.45, 7) is -1.95. The Morgan fingerprint density at radius 2 is 2.00 bits per heavy atom. The van der Waals surface area contributed by atoms with E-state index in [2.05, 4.69) is 4.74 Å². The third-order valence-corrected chi connectivity index (χ3v) is 0.744. The monoisotopic (exact) mass is 175 g/mol. The molecule has 0 fully saturated rings. The molecule has 0 radical (unpaired) electrons. The second-order valence-corrected chi connectivity index (χ2v) is 1.55. The molecule has 0 aliphatic carbocycles. The molecule has 0 saturated heterocycles. The van der Waals surface area contributed by atoms with Crippen LogP contribution in [-0.2, 0) is 4.74 Å². The van der Waals surface area contributed by atoms with Gasteiger partial charge in [0, 0.05) is 0 Å². The van der Waals surface area contributed by atoms with Gasteiger partial charge in [-0.3, -0.25) is 0 Å². The number of carbonyl (C=O) groups excluding carboxylic acids is 1. The van der Waals surface area contributed by atoms with E-state index < -0.39 is 25.1 Å². The lowest BCUT2D eigenvalue weighted by Gasteiger charge is -2.21. The predicted octanol–water partition coefficient (Wildman–Crippen LogP) is 0.247. The van der Waals surface area contributed by atoms with Gasteiger partial charge in [0.05, 0.1) is 0 Å². The lowest BCUT2D eigenvalue weighted by atomic mass is 10.4. The van der Waals surface area contributed by atoms with Crippen LogP contribution < -0.4 is 5.11 Å². The Hall–Kier alpha value is -1.01. The molecule has 0 amide bonds. The first-order valence-electron chi connectivity index (χ1n) is 2.38. The van der Waals surface area contributed by atoms with Crippen molar-refractivity contribution >= 4 is 6.16 Å². The molecule has 0 aliphatic heterocycles. The van der Waals surface area contributed by atoms with Crippen molar-refractivity contribution in [2.45, 2.75) is 12.3 Å². The molecular weight excluding hydrogens is 172 g/mol. The SMILES string of the molecule is O=C([O-])OC(CF)C(F)(F)F. The Kier molecular flexibility index (Phi) is 3.09. The van der Waals surface area contributed by atoms with Crippen molar-refractivity contribution in [1.29, 1.82) is 0 Å². The predicted molar refractivity (Wildman–Crippen MR) is 22.3 cm³/mol. The highest BCUT2D eigenvalue weighted by molar-refractivity contribution is 5.54. The topological polar surface area (TPSA) is 49.4 Å². The molecule has 3 nitrogen and oxygen atoms in total. The van der Waals surface area contributed by atoms with Crippen molar-refractivity contribution in [3.63, 3.8) is 0 Å². The van der Waals surface area contributed by atoms with Gasteiger partial charge >= 0.3 is 6.18 Å². The second kappa shape index (κ2) is 3.40. The Morgan fingerprint density at radius 1 is 1.55 bits per heavy atom. The van der Waals surface area contributed by atoms with Crippen molar-refractivity contribution in [3.8, 4) is 0 Å². The highest BCUT2D eigenvalue weighted by Gasteiger charge is 2.39. The Bertz CT molecular complexity index is 143. The standard InChI is InChI=1S/C4H4F4O3/c5-1-2(4(6,7)8)11-3(9)10/h2H,1H2,(H,9,10)/p-1. The molecular formula is C4H3F4O3-. The van der Waals surface area contributed by atoms with Gasteiger partial charge in [-0.15, -0.1) is 0 Å². The summed E-state index contributed by atoms with van der Waals surface area (Å²) >= 11 is 0. The highest BCUT2D eigenvalue weighted by atomic mass is 19.4. The van der Waals surface area contributed by atoms with Gasteiger partial charge in [-0.25, -0.2) is 4.39 Å². The molecule has 0 rings (SSSR count). The van der Waals surface area contributed by atoms with Crippen LogP contribution in [-0.4, -0.2) is 25.1 Å². The fourth-order valence-electron chi connectivity index (χ4n) is 0.302. The molecule has 0 spiro atoms. The molecule has 11 heavy (non-hydrogen) atoms. The summed E-state index contributed by atoms with van der Waals surface area (Å²) in [6.07, 6.45) is -10.4. The van der Waals surface area contributed by atoms with Crippen LogP contribution in [0.2, 0.25) is 0 Å².